The molecule has 7 nitrogen and oxygen atoms in total. The van der Waals surface area contributed by atoms with Crippen molar-refractivity contribution in [3.05, 3.63) is 23.0 Å². The van der Waals surface area contributed by atoms with Crippen molar-refractivity contribution in [3.8, 4) is 5.75 Å². The molecular weight excluding hydrogens is 481 g/mol. The number of halogens is 1. The molecule has 8 heteroatoms. The summed E-state index contributed by atoms with van der Waals surface area (Å²) in [5.74, 6) is 2.35. The third-order valence-electron chi connectivity index (χ3n) is 5.21. The number of hydrogen-bond acceptors (Lipinski definition) is 5. The lowest BCUT2D eigenvalue weighted by Gasteiger charge is -2.35. The number of aromatic nitrogens is 1. The number of pyridine rings is 1. The van der Waals surface area contributed by atoms with Crippen LogP contribution in [0.3, 0.4) is 0 Å². The largest absolute Gasteiger partial charge is 0.496 e. The van der Waals surface area contributed by atoms with E-state index in [9.17, 15) is 0 Å². The third-order valence-corrected chi connectivity index (χ3v) is 5.21. The summed E-state index contributed by atoms with van der Waals surface area (Å²) in [5.41, 5.74) is 3.09. The Kier molecular flexibility index (Phi) is 11.8. The van der Waals surface area contributed by atoms with Crippen LogP contribution in [0.5, 0.6) is 5.75 Å². The van der Waals surface area contributed by atoms with E-state index in [4.69, 9.17) is 9.47 Å². The van der Waals surface area contributed by atoms with E-state index < -0.39 is 0 Å². The van der Waals surface area contributed by atoms with Crippen molar-refractivity contribution in [1.82, 2.24) is 20.5 Å². The Morgan fingerprint density at radius 1 is 1.28 bits per heavy atom. The first-order chi connectivity index (χ1) is 13.5. The molecule has 166 valence electrons. The van der Waals surface area contributed by atoms with Crippen molar-refractivity contribution >= 4 is 29.9 Å². The number of morpholine rings is 1. The Labute approximate surface area is 193 Å². The Morgan fingerprint density at radius 2 is 1.97 bits per heavy atom. The summed E-state index contributed by atoms with van der Waals surface area (Å²) >= 11 is 0. The van der Waals surface area contributed by atoms with Gasteiger partial charge in [-0.25, -0.2) is 0 Å². The summed E-state index contributed by atoms with van der Waals surface area (Å²) in [6.07, 6.45) is 3.01. The van der Waals surface area contributed by atoms with E-state index in [0.29, 0.717) is 18.5 Å². The van der Waals surface area contributed by atoms with Crippen LogP contribution >= 0.6 is 24.0 Å². The average Bonchev–Trinajstić information content (AvgIpc) is 2.69. The summed E-state index contributed by atoms with van der Waals surface area (Å²) < 4.78 is 11.0. The van der Waals surface area contributed by atoms with Gasteiger partial charge in [0.2, 0.25) is 0 Å². The number of nitrogens with one attached hydrogen (secondary N) is 2. The molecule has 0 radical (unpaired) electrons. The van der Waals surface area contributed by atoms with Crippen molar-refractivity contribution in [1.29, 1.82) is 0 Å². The Hall–Kier alpha value is -1.13. The van der Waals surface area contributed by atoms with Crippen LogP contribution in [0.1, 0.15) is 37.1 Å². The fourth-order valence-electron chi connectivity index (χ4n) is 3.70. The highest BCUT2D eigenvalue weighted by atomic mass is 127. The topological polar surface area (TPSA) is 71.0 Å². The summed E-state index contributed by atoms with van der Waals surface area (Å²) in [6.45, 7) is 13.7. The molecule has 1 aliphatic heterocycles. The van der Waals surface area contributed by atoms with Gasteiger partial charge in [0.05, 0.1) is 32.6 Å². The maximum atomic E-state index is 5.51. The molecule has 1 unspecified atom stereocenters. The van der Waals surface area contributed by atoms with Crippen molar-refractivity contribution in [2.75, 3.05) is 47.0 Å². The van der Waals surface area contributed by atoms with E-state index in [0.717, 1.165) is 67.8 Å². The van der Waals surface area contributed by atoms with Crippen LogP contribution in [0.15, 0.2) is 11.2 Å². The van der Waals surface area contributed by atoms with Crippen molar-refractivity contribution < 1.29 is 9.47 Å². The first-order valence-corrected chi connectivity index (χ1v) is 10.2. The molecule has 1 fully saturated rings. The molecule has 0 aliphatic carbocycles. The predicted octanol–water partition coefficient (Wildman–Crippen LogP) is 2.74. The first kappa shape index (κ1) is 25.9. The van der Waals surface area contributed by atoms with E-state index in [-0.39, 0.29) is 24.0 Å². The second-order valence-corrected chi connectivity index (χ2v) is 7.78. The zero-order valence-electron chi connectivity index (χ0n) is 18.7. The van der Waals surface area contributed by atoms with Gasteiger partial charge in [-0.1, -0.05) is 13.8 Å². The van der Waals surface area contributed by atoms with Crippen molar-refractivity contribution in [3.63, 3.8) is 0 Å². The minimum atomic E-state index is 0. The lowest BCUT2D eigenvalue weighted by atomic mass is 10.0. The minimum absolute atomic E-state index is 0. The number of ether oxygens (including phenoxy) is 2. The molecule has 1 aliphatic rings. The van der Waals surface area contributed by atoms with Crippen molar-refractivity contribution in [2.45, 2.75) is 46.7 Å². The van der Waals surface area contributed by atoms with Gasteiger partial charge in [-0.05, 0) is 26.2 Å². The van der Waals surface area contributed by atoms with Gasteiger partial charge in [0, 0.05) is 50.0 Å². The van der Waals surface area contributed by atoms with Gasteiger partial charge < -0.3 is 20.1 Å². The molecule has 0 bridgehead atoms. The molecule has 1 saturated heterocycles. The maximum absolute atomic E-state index is 5.51. The third kappa shape index (κ3) is 7.90. The number of rotatable bonds is 8. The molecule has 2 heterocycles. The Balaban J connectivity index is 0.00000420. The van der Waals surface area contributed by atoms with Gasteiger partial charge in [0.15, 0.2) is 5.96 Å². The van der Waals surface area contributed by atoms with Crippen LogP contribution in [-0.2, 0) is 11.3 Å². The number of nitrogens with zero attached hydrogens (tertiary/aromatic N) is 3. The SMILES string of the molecule is CN=C(NCc1ncc(C)c(OC)c1C)NCC(CC(C)C)N1CCOCC1.I. The second kappa shape index (κ2) is 13.2. The molecule has 2 N–H and O–H groups in total. The van der Waals surface area contributed by atoms with Crippen LogP contribution in [-0.4, -0.2) is 68.9 Å². The van der Waals surface area contributed by atoms with Gasteiger partial charge in [0.1, 0.15) is 5.75 Å². The molecule has 0 aromatic carbocycles. The van der Waals surface area contributed by atoms with Crippen molar-refractivity contribution in [2.24, 2.45) is 10.9 Å². The minimum Gasteiger partial charge on any atom is -0.496 e. The van der Waals surface area contributed by atoms with E-state index >= 15 is 0 Å². The molecule has 29 heavy (non-hydrogen) atoms. The first-order valence-electron chi connectivity index (χ1n) is 10.2. The van der Waals surface area contributed by atoms with Gasteiger partial charge in [-0.2, -0.15) is 0 Å². The second-order valence-electron chi connectivity index (χ2n) is 7.78. The Morgan fingerprint density at radius 3 is 2.55 bits per heavy atom. The normalized spacial score (nSPS) is 16.3. The molecule has 0 saturated carbocycles. The smallest absolute Gasteiger partial charge is 0.191 e. The standard InChI is InChI=1S/C21H37N5O2.HI/c1-15(2)11-18(26-7-9-28-10-8-26)13-24-21(22-5)25-14-19-17(4)20(27-6)16(3)12-23-19;/h12,15,18H,7-11,13-14H2,1-6H3,(H2,22,24,25);1H. The quantitative estimate of drug-likeness (QED) is 0.313. The molecule has 0 amide bonds. The number of methoxy groups -OCH3 is 1. The maximum Gasteiger partial charge on any atom is 0.191 e. The monoisotopic (exact) mass is 519 g/mol. The van der Waals surface area contributed by atoms with Gasteiger partial charge in [-0.3, -0.25) is 14.9 Å². The Bertz CT molecular complexity index is 648. The fourth-order valence-corrected chi connectivity index (χ4v) is 3.70. The summed E-state index contributed by atoms with van der Waals surface area (Å²) in [6, 6.07) is 0.474. The number of aryl methyl sites for hydroxylation is 1. The molecule has 1 atom stereocenters. The highest BCUT2D eigenvalue weighted by Gasteiger charge is 2.22. The zero-order valence-corrected chi connectivity index (χ0v) is 21.1. The summed E-state index contributed by atoms with van der Waals surface area (Å²) in [7, 11) is 3.51. The van der Waals surface area contributed by atoms with E-state index in [2.05, 4.69) is 39.4 Å². The van der Waals surface area contributed by atoms with Crippen LogP contribution in [0, 0.1) is 19.8 Å². The summed E-state index contributed by atoms with van der Waals surface area (Å²) in [4.78, 5) is 11.5. The molecule has 0 spiro atoms. The number of hydrogen-bond donors (Lipinski definition) is 2. The summed E-state index contributed by atoms with van der Waals surface area (Å²) in [5, 5.41) is 6.89. The number of guanidine groups is 1. The lowest BCUT2D eigenvalue weighted by Crippen LogP contribution is -2.51. The highest BCUT2D eigenvalue weighted by Crippen LogP contribution is 2.23. The van der Waals surface area contributed by atoms with Gasteiger partial charge in [-0.15, -0.1) is 24.0 Å². The van der Waals surface area contributed by atoms with E-state index in [1.54, 1.807) is 14.2 Å². The predicted molar refractivity (Wildman–Crippen MR) is 130 cm³/mol. The molecule has 1 aromatic heterocycles. The van der Waals surface area contributed by atoms with Gasteiger partial charge >= 0.3 is 0 Å². The molecule has 1 aromatic rings. The highest BCUT2D eigenvalue weighted by molar-refractivity contribution is 14.0. The number of aliphatic imine (C=N–C) groups is 1. The molecular formula is C21H38IN5O2. The van der Waals surface area contributed by atoms with Crippen LogP contribution < -0.4 is 15.4 Å². The van der Waals surface area contributed by atoms with Gasteiger partial charge in [0.25, 0.3) is 0 Å². The van der Waals surface area contributed by atoms with Crippen LogP contribution in [0.25, 0.3) is 0 Å². The fraction of sp³-hybridized carbons (Fsp3) is 0.714. The lowest BCUT2D eigenvalue weighted by molar-refractivity contribution is 0.0132. The average molecular weight is 519 g/mol. The van der Waals surface area contributed by atoms with E-state index in [1.807, 2.05) is 20.0 Å². The van der Waals surface area contributed by atoms with Crippen LogP contribution in [0.4, 0.5) is 0 Å². The van der Waals surface area contributed by atoms with E-state index in [1.165, 1.54) is 0 Å². The van der Waals surface area contributed by atoms with Crippen LogP contribution in [0.2, 0.25) is 0 Å². The zero-order chi connectivity index (χ0) is 20.5. The molecule has 2 rings (SSSR count).